The van der Waals surface area contributed by atoms with Gasteiger partial charge in [-0.05, 0) is 36.8 Å². The van der Waals surface area contributed by atoms with Crippen LogP contribution in [0.25, 0.3) is 0 Å². The van der Waals surface area contributed by atoms with E-state index in [0.717, 1.165) is 5.56 Å². The van der Waals surface area contributed by atoms with Crippen molar-refractivity contribution in [1.82, 2.24) is 10.6 Å². The van der Waals surface area contributed by atoms with Crippen LogP contribution < -0.4 is 16.0 Å². The summed E-state index contributed by atoms with van der Waals surface area (Å²) < 4.78 is 0. The van der Waals surface area contributed by atoms with Crippen molar-refractivity contribution in [3.8, 4) is 0 Å². The number of anilines is 1. The van der Waals surface area contributed by atoms with Gasteiger partial charge in [-0.3, -0.25) is 9.59 Å². The Hall–Kier alpha value is -2.73. The molecule has 1 atom stereocenters. The molecule has 0 saturated heterocycles. The monoisotopic (exact) mass is 341 g/mol. The Kier molecular flexibility index (Phi) is 6.03. The second kappa shape index (κ2) is 8.21. The Balaban J connectivity index is 2.12. The molecule has 0 fully saturated rings. The Morgan fingerprint density at radius 3 is 2.29 bits per heavy atom. The molecular weight excluding hydrogens is 322 g/mol. The van der Waals surface area contributed by atoms with Gasteiger partial charge in [-0.25, -0.2) is 0 Å². The van der Waals surface area contributed by atoms with Crippen LogP contribution in [0.1, 0.15) is 35.8 Å². The predicted molar refractivity (Wildman–Crippen MR) is 98.8 cm³/mol. The third kappa shape index (κ3) is 4.89. The first kappa shape index (κ1) is 17.6. The first-order valence-corrected chi connectivity index (χ1v) is 7.91. The molecule has 2 aromatic rings. The van der Waals surface area contributed by atoms with Crippen LogP contribution in [0.15, 0.2) is 54.6 Å². The highest BCUT2D eigenvalue weighted by Crippen LogP contribution is 2.17. The summed E-state index contributed by atoms with van der Waals surface area (Å²) in [5.41, 5.74) is 2.01. The average molecular weight is 341 g/mol. The zero-order chi connectivity index (χ0) is 17.5. The van der Waals surface area contributed by atoms with Crippen molar-refractivity contribution in [3.05, 3.63) is 65.7 Å². The number of carbonyl (C=O) groups is 2. The van der Waals surface area contributed by atoms with E-state index in [-0.39, 0.29) is 23.0 Å². The van der Waals surface area contributed by atoms with E-state index in [1.807, 2.05) is 37.3 Å². The van der Waals surface area contributed by atoms with E-state index >= 15 is 0 Å². The summed E-state index contributed by atoms with van der Waals surface area (Å²) in [5, 5.41) is 8.46. The van der Waals surface area contributed by atoms with Gasteiger partial charge in [-0.1, -0.05) is 42.5 Å². The van der Waals surface area contributed by atoms with Crippen molar-refractivity contribution < 1.29 is 9.59 Å². The van der Waals surface area contributed by atoms with Crippen LogP contribution >= 0.6 is 12.2 Å². The number of thiocarbonyl (C=S) groups is 1. The molecule has 0 aliphatic rings. The molecule has 1 unspecified atom stereocenters. The van der Waals surface area contributed by atoms with Gasteiger partial charge in [0.25, 0.3) is 5.91 Å². The fraction of sp³-hybridized carbons (Fsp3) is 0.167. The third-order valence-electron chi connectivity index (χ3n) is 3.36. The van der Waals surface area contributed by atoms with Crippen molar-refractivity contribution in [1.29, 1.82) is 0 Å². The summed E-state index contributed by atoms with van der Waals surface area (Å²) in [6.45, 7) is 3.29. The summed E-state index contributed by atoms with van der Waals surface area (Å²) in [6, 6.07) is 16.6. The average Bonchev–Trinajstić information content (AvgIpc) is 2.55. The number of benzene rings is 2. The van der Waals surface area contributed by atoms with Crippen molar-refractivity contribution in [2.75, 3.05) is 5.32 Å². The number of hydrogen-bond donors (Lipinski definition) is 3. The van der Waals surface area contributed by atoms with Crippen molar-refractivity contribution in [2.24, 2.45) is 0 Å². The summed E-state index contributed by atoms with van der Waals surface area (Å²) in [6.07, 6.45) is 0. The summed E-state index contributed by atoms with van der Waals surface area (Å²) in [5.74, 6) is -0.493. The maximum atomic E-state index is 12.6. The van der Waals surface area contributed by atoms with Crippen LogP contribution in [0.5, 0.6) is 0 Å². The minimum absolute atomic E-state index is 0.131. The van der Waals surface area contributed by atoms with Crippen LogP contribution in [0.2, 0.25) is 0 Å². The first-order chi connectivity index (χ1) is 11.5. The van der Waals surface area contributed by atoms with Gasteiger partial charge in [0.15, 0.2) is 5.11 Å². The fourth-order valence-corrected chi connectivity index (χ4v) is 2.46. The maximum absolute atomic E-state index is 12.6. The van der Waals surface area contributed by atoms with Gasteiger partial charge in [0.2, 0.25) is 5.91 Å². The lowest BCUT2D eigenvalue weighted by molar-refractivity contribution is -0.117. The topological polar surface area (TPSA) is 70.2 Å². The zero-order valence-electron chi connectivity index (χ0n) is 13.5. The summed E-state index contributed by atoms with van der Waals surface area (Å²) in [4.78, 5) is 23.6. The van der Waals surface area contributed by atoms with Gasteiger partial charge >= 0.3 is 0 Å². The highest BCUT2D eigenvalue weighted by Gasteiger charge is 2.15. The molecule has 124 valence electrons. The molecule has 0 heterocycles. The van der Waals surface area contributed by atoms with Gasteiger partial charge in [-0.2, -0.15) is 0 Å². The Labute approximate surface area is 146 Å². The largest absolute Gasteiger partial charge is 0.345 e. The quantitative estimate of drug-likeness (QED) is 0.748. The summed E-state index contributed by atoms with van der Waals surface area (Å²) >= 11 is 5.05. The van der Waals surface area contributed by atoms with Gasteiger partial charge < -0.3 is 16.0 Å². The van der Waals surface area contributed by atoms with E-state index < -0.39 is 0 Å². The van der Waals surface area contributed by atoms with E-state index in [9.17, 15) is 9.59 Å². The minimum Gasteiger partial charge on any atom is -0.345 e. The highest BCUT2D eigenvalue weighted by atomic mass is 32.1. The molecule has 2 aromatic carbocycles. The van der Waals surface area contributed by atoms with Crippen LogP contribution in [-0.2, 0) is 4.79 Å². The predicted octanol–water partition coefficient (Wildman–Crippen LogP) is 3.01. The minimum atomic E-state index is -0.271. The molecule has 0 aliphatic carbocycles. The smallest absolute Gasteiger partial charge is 0.253 e. The molecule has 2 rings (SSSR count). The molecule has 0 aromatic heterocycles. The number of nitrogens with one attached hydrogen (secondary N) is 3. The van der Waals surface area contributed by atoms with Crippen LogP contribution in [-0.4, -0.2) is 16.9 Å². The molecule has 0 bridgehead atoms. The lowest BCUT2D eigenvalue weighted by Gasteiger charge is -2.17. The molecule has 6 heteroatoms. The van der Waals surface area contributed by atoms with Crippen LogP contribution in [0, 0.1) is 0 Å². The first-order valence-electron chi connectivity index (χ1n) is 7.51. The number of rotatable bonds is 4. The highest BCUT2D eigenvalue weighted by molar-refractivity contribution is 7.80. The van der Waals surface area contributed by atoms with E-state index in [2.05, 4.69) is 16.0 Å². The second-order valence-electron chi connectivity index (χ2n) is 5.29. The Bertz CT molecular complexity index is 747. The summed E-state index contributed by atoms with van der Waals surface area (Å²) in [7, 11) is 0. The fourth-order valence-electron chi connectivity index (χ4n) is 2.20. The SMILES string of the molecule is CC(=O)NC(=S)Nc1ccccc1C(=O)NC(C)c1ccccc1. The standard InChI is InChI=1S/C18H19N3O2S/c1-12(14-8-4-3-5-9-14)19-17(23)15-10-6-7-11-16(15)21-18(24)20-13(2)22/h3-12H,1-2H3,(H,19,23)(H2,20,21,22,24). The van der Waals surface area contributed by atoms with Gasteiger partial charge in [0.05, 0.1) is 17.3 Å². The van der Waals surface area contributed by atoms with E-state index in [1.165, 1.54) is 6.92 Å². The zero-order valence-corrected chi connectivity index (χ0v) is 14.3. The normalized spacial score (nSPS) is 11.2. The second-order valence-corrected chi connectivity index (χ2v) is 5.69. The van der Waals surface area contributed by atoms with E-state index in [1.54, 1.807) is 24.3 Å². The molecule has 3 N–H and O–H groups in total. The van der Waals surface area contributed by atoms with Gasteiger partial charge in [-0.15, -0.1) is 0 Å². The van der Waals surface area contributed by atoms with Crippen molar-refractivity contribution in [2.45, 2.75) is 19.9 Å². The molecule has 0 aliphatic heterocycles. The number of para-hydroxylation sites is 1. The Morgan fingerprint density at radius 2 is 1.62 bits per heavy atom. The maximum Gasteiger partial charge on any atom is 0.253 e. The lowest BCUT2D eigenvalue weighted by atomic mass is 10.1. The van der Waals surface area contributed by atoms with Gasteiger partial charge in [0.1, 0.15) is 0 Å². The van der Waals surface area contributed by atoms with Gasteiger partial charge in [0, 0.05) is 6.92 Å². The van der Waals surface area contributed by atoms with Crippen molar-refractivity contribution >= 4 is 34.8 Å². The van der Waals surface area contributed by atoms with Crippen LogP contribution in [0.4, 0.5) is 5.69 Å². The molecular formula is C18H19N3O2S. The number of hydrogen-bond acceptors (Lipinski definition) is 3. The molecule has 0 radical (unpaired) electrons. The lowest BCUT2D eigenvalue weighted by Crippen LogP contribution is -2.33. The van der Waals surface area contributed by atoms with E-state index in [4.69, 9.17) is 12.2 Å². The van der Waals surface area contributed by atoms with Crippen molar-refractivity contribution in [3.63, 3.8) is 0 Å². The molecule has 0 saturated carbocycles. The van der Waals surface area contributed by atoms with Crippen LogP contribution in [0.3, 0.4) is 0 Å². The number of carbonyl (C=O) groups excluding carboxylic acids is 2. The van der Waals surface area contributed by atoms with E-state index in [0.29, 0.717) is 11.3 Å². The molecule has 0 spiro atoms. The molecule has 2 amide bonds. The molecule has 5 nitrogen and oxygen atoms in total. The molecule has 24 heavy (non-hydrogen) atoms. The number of amides is 2. The Morgan fingerprint density at radius 1 is 1.00 bits per heavy atom. The third-order valence-corrected chi connectivity index (χ3v) is 3.56.